The number of amides is 1. The van der Waals surface area contributed by atoms with Gasteiger partial charge in [0.25, 0.3) is 0 Å². The molecule has 2 bridgehead atoms. The predicted octanol–water partition coefficient (Wildman–Crippen LogP) is 1.63. The number of methoxy groups -OCH3 is 1. The molecular weight excluding hydrogens is 286 g/mol. The number of hydrogen-bond acceptors (Lipinski definition) is 5. The summed E-state index contributed by atoms with van der Waals surface area (Å²) in [6.45, 7) is 0.192. The third-order valence-electron chi connectivity index (χ3n) is 4.24. The Hall–Kier alpha value is -2.08. The van der Waals surface area contributed by atoms with Gasteiger partial charge in [-0.05, 0) is 18.4 Å². The molecule has 1 amide bonds. The first-order valence-electron chi connectivity index (χ1n) is 7.39. The summed E-state index contributed by atoms with van der Waals surface area (Å²) < 4.78 is 15.7. The van der Waals surface area contributed by atoms with Gasteiger partial charge in [-0.3, -0.25) is 4.79 Å². The molecule has 0 aromatic heterocycles. The third-order valence-corrected chi connectivity index (χ3v) is 4.24. The molecule has 3 rings (SSSR count). The van der Waals surface area contributed by atoms with Crippen molar-refractivity contribution in [3.8, 4) is 0 Å². The van der Waals surface area contributed by atoms with E-state index in [0.717, 1.165) is 18.4 Å². The Bertz CT molecular complexity index is 547. The molecule has 6 heteroatoms. The van der Waals surface area contributed by atoms with Crippen molar-refractivity contribution in [2.75, 3.05) is 7.11 Å². The maximum atomic E-state index is 12.0. The Kier molecular flexibility index (Phi) is 4.29. The summed E-state index contributed by atoms with van der Waals surface area (Å²) in [5.41, 5.74) is 0.909. The van der Waals surface area contributed by atoms with Crippen molar-refractivity contribution in [1.29, 1.82) is 0 Å². The van der Waals surface area contributed by atoms with E-state index in [9.17, 15) is 9.59 Å². The van der Waals surface area contributed by atoms with E-state index in [1.807, 2.05) is 30.3 Å². The molecule has 1 N–H and O–H groups in total. The molecule has 2 heterocycles. The molecule has 0 spiro atoms. The number of nitrogens with one attached hydrogen (secondary N) is 1. The van der Waals surface area contributed by atoms with Crippen molar-refractivity contribution in [2.24, 2.45) is 5.92 Å². The second kappa shape index (κ2) is 6.36. The van der Waals surface area contributed by atoms with E-state index in [-0.39, 0.29) is 30.8 Å². The molecule has 2 aliphatic heterocycles. The van der Waals surface area contributed by atoms with E-state index in [2.05, 4.69) is 5.32 Å². The van der Waals surface area contributed by atoms with Crippen LogP contribution in [0.5, 0.6) is 0 Å². The fourth-order valence-corrected chi connectivity index (χ4v) is 3.20. The van der Waals surface area contributed by atoms with Crippen molar-refractivity contribution >= 4 is 12.1 Å². The molecule has 118 valence electrons. The number of carbonyl (C=O) groups is 2. The fraction of sp³-hybridized carbons (Fsp3) is 0.500. The van der Waals surface area contributed by atoms with Gasteiger partial charge in [0, 0.05) is 0 Å². The Balaban J connectivity index is 1.57. The Morgan fingerprint density at radius 2 is 1.95 bits per heavy atom. The zero-order valence-corrected chi connectivity index (χ0v) is 12.4. The minimum absolute atomic E-state index is 0.140. The lowest BCUT2D eigenvalue weighted by Gasteiger charge is -2.26. The van der Waals surface area contributed by atoms with Crippen molar-refractivity contribution in [2.45, 2.75) is 37.7 Å². The van der Waals surface area contributed by atoms with Crippen LogP contribution in [0.1, 0.15) is 18.4 Å². The van der Waals surface area contributed by atoms with Crippen LogP contribution in [-0.4, -0.2) is 37.4 Å². The van der Waals surface area contributed by atoms with Crippen LogP contribution in [0.15, 0.2) is 30.3 Å². The van der Waals surface area contributed by atoms with Crippen LogP contribution in [-0.2, 0) is 25.6 Å². The summed E-state index contributed by atoms with van der Waals surface area (Å²) in [4.78, 5) is 23.8. The van der Waals surface area contributed by atoms with Crippen LogP contribution < -0.4 is 5.32 Å². The van der Waals surface area contributed by atoms with Crippen molar-refractivity contribution in [3.05, 3.63) is 35.9 Å². The Morgan fingerprint density at radius 3 is 2.68 bits per heavy atom. The van der Waals surface area contributed by atoms with E-state index in [4.69, 9.17) is 14.2 Å². The molecule has 0 radical (unpaired) electrons. The van der Waals surface area contributed by atoms with Gasteiger partial charge in [0.1, 0.15) is 12.5 Å². The molecule has 6 nitrogen and oxygen atoms in total. The molecule has 2 fully saturated rings. The van der Waals surface area contributed by atoms with E-state index in [0.29, 0.717) is 0 Å². The lowest BCUT2D eigenvalue weighted by molar-refractivity contribution is -0.147. The number of rotatable bonds is 4. The number of ether oxygens (including phenoxy) is 3. The number of hydrogen-bond donors (Lipinski definition) is 1. The minimum atomic E-state index is -0.543. The maximum absolute atomic E-state index is 12.0. The summed E-state index contributed by atoms with van der Waals surface area (Å²) in [5.74, 6) is -0.798. The number of fused-ring (bicyclic) bond motifs is 2. The second-order valence-corrected chi connectivity index (χ2v) is 5.57. The van der Waals surface area contributed by atoms with Crippen LogP contribution in [0.3, 0.4) is 0 Å². The largest absolute Gasteiger partial charge is 0.469 e. The summed E-state index contributed by atoms with van der Waals surface area (Å²) in [6, 6.07) is 9.05. The van der Waals surface area contributed by atoms with Crippen LogP contribution in [0.25, 0.3) is 0 Å². The maximum Gasteiger partial charge on any atom is 0.407 e. The van der Waals surface area contributed by atoms with Gasteiger partial charge >= 0.3 is 12.1 Å². The summed E-state index contributed by atoms with van der Waals surface area (Å²) in [6.07, 6.45) is 0.804. The lowest BCUT2D eigenvalue weighted by Crippen LogP contribution is -2.50. The number of alkyl carbamates (subject to hydrolysis) is 1. The highest BCUT2D eigenvalue weighted by Crippen LogP contribution is 2.39. The smallest absolute Gasteiger partial charge is 0.407 e. The molecule has 2 saturated heterocycles. The molecule has 2 aliphatic rings. The Morgan fingerprint density at radius 1 is 1.23 bits per heavy atom. The third kappa shape index (κ3) is 2.92. The normalized spacial score (nSPS) is 29.1. The molecule has 4 atom stereocenters. The van der Waals surface area contributed by atoms with Gasteiger partial charge in [-0.25, -0.2) is 4.79 Å². The van der Waals surface area contributed by atoms with Crippen LogP contribution in [0.2, 0.25) is 0 Å². The monoisotopic (exact) mass is 305 g/mol. The molecule has 1 aromatic carbocycles. The van der Waals surface area contributed by atoms with Gasteiger partial charge < -0.3 is 19.5 Å². The van der Waals surface area contributed by atoms with E-state index in [1.165, 1.54) is 7.11 Å². The van der Waals surface area contributed by atoms with Crippen LogP contribution in [0.4, 0.5) is 4.79 Å². The Labute approximate surface area is 128 Å². The fourth-order valence-electron chi connectivity index (χ4n) is 3.20. The van der Waals surface area contributed by atoms with Gasteiger partial charge in [-0.1, -0.05) is 30.3 Å². The number of carbonyl (C=O) groups excluding carboxylic acids is 2. The van der Waals surface area contributed by atoms with E-state index >= 15 is 0 Å². The first kappa shape index (κ1) is 14.8. The van der Waals surface area contributed by atoms with Gasteiger partial charge in [-0.15, -0.1) is 0 Å². The van der Waals surface area contributed by atoms with Crippen molar-refractivity contribution in [1.82, 2.24) is 5.32 Å². The van der Waals surface area contributed by atoms with Gasteiger partial charge in [0.2, 0.25) is 0 Å². The van der Waals surface area contributed by atoms with Gasteiger partial charge in [0.05, 0.1) is 25.4 Å². The summed E-state index contributed by atoms with van der Waals surface area (Å²) >= 11 is 0. The first-order valence-corrected chi connectivity index (χ1v) is 7.39. The molecular formula is C16H19NO5. The van der Waals surface area contributed by atoms with Crippen molar-refractivity contribution < 1.29 is 23.8 Å². The molecule has 22 heavy (non-hydrogen) atoms. The topological polar surface area (TPSA) is 73.9 Å². The van der Waals surface area contributed by atoms with Crippen LogP contribution >= 0.6 is 0 Å². The highest BCUT2D eigenvalue weighted by molar-refractivity contribution is 5.76. The van der Waals surface area contributed by atoms with Gasteiger partial charge in [-0.2, -0.15) is 0 Å². The quantitative estimate of drug-likeness (QED) is 0.856. The summed E-state index contributed by atoms with van der Waals surface area (Å²) in [5, 5.41) is 2.76. The highest BCUT2D eigenvalue weighted by Gasteiger charge is 2.53. The lowest BCUT2D eigenvalue weighted by atomic mass is 9.84. The van der Waals surface area contributed by atoms with Gasteiger partial charge in [0.15, 0.2) is 0 Å². The molecule has 0 aliphatic carbocycles. The van der Waals surface area contributed by atoms with Crippen molar-refractivity contribution in [3.63, 3.8) is 0 Å². The zero-order chi connectivity index (χ0) is 15.5. The second-order valence-electron chi connectivity index (χ2n) is 5.57. The first-order chi connectivity index (χ1) is 10.7. The van der Waals surface area contributed by atoms with Crippen LogP contribution in [0, 0.1) is 5.92 Å². The molecule has 4 unspecified atom stereocenters. The molecule has 1 aromatic rings. The average Bonchev–Trinajstić information content (AvgIpc) is 3.14. The minimum Gasteiger partial charge on any atom is -0.469 e. The SMILES string of the molecule is COC(=O)C1C2CCC(O2)C1NC(=O)OCc1ccccc1. The van der Waals surface area contributed by atoms with E-state index in [1.54, 1.807) is 0 Å². The highest BCUT2D eigenvalue weighted by atomic mass is 16.6. The van der Waals surface area contributed by atoms with E-state index < -0.39 is 12.0 Å². The standard InChI is InChI=1S/C16H19NO5/c1-20-15(18)13-11-7-8-12(22-11)14(13)17-16(19)21-9-10-5-3-2-4-6-10/h2-6,11-14H,7-9H2,1H3,(H,17,19). The number of benzene rings is 1. The average molecular weight is 305 g/mol. The zero-order valence-electron chi connectivity index (χ0n) is 12.4. The predicted molar refractivity (Wildman–Crippen MR) is 77.0 cm³/mol. The number of esters is 1. The summed E-state index contributed by atoms with van der Waals surface area (Å²) in [7, 11) is 1.35. The molecule has 0 saturated carbocycles.